The highest BCUT2D eigenvalue weighted by Gasteiger charge is 2.34. The first-order valence-corrected chi connectivity index (χ1v) is 11.7. The summed E-state index contributed by atoms with van der Waals surface area (Å²) < 4.78 is 5.25. The van der Waals surface area contributed by atoms with E-state index < -0.39 is 11.7 Å². The van der Waals surface area contributed by atoms with Crippen molar-refractivity contribution in [1.82, 2.24) is 15.2 Å². The van der Waals surface area contributed by atoms with Crippen LogP contribution in [0.2, 0.25) is 0 Å². The number of nitrogens with zero attached hydrogens (tertiary/aromatic N) is 3. The molecule has 0 unspecified atom stereocenters. The Bertz CT molecular complexity index is 1100. The predicted octanol–water partition coefficient (Wildman–Crippen LogP) is 3.79. The lowest BCUT2D eigenvalue weighted by molar-refractivity contribution is -0.117. The van der Waals surface area contributed by atoms with Gasteiger partial charge in [-0.2, -0.15) is 0 Å². The van der Waals surface area contributed by atoms with Crippen molar-refractivity contribution in [2.45, 2.75) is 65.1 Å². The van der Waals surface area contributed by atoms with Gasteiger partial charge in [-0.15, -0.1) is 0 Å². The molecular weight excluding hydrogens is 432 g/mol. The monoisotopic (exact) mass is 464 g/mol. The number of alkyl carbamates (subject to hydrolysis) is 1. The molecule has 1 aromatic heterocycles. The van der Waals surface area contributed by atoms with E-state index in [0.717, 1.165) is 35.2 Å². The molecule has 180 valence electrons. The summed E-state index contributed by atoms with van der Waals surface area (Å²) in [6, 6.07) is 9.81. The number of aryl methyl sites for hydroxylation is 1. The summed E-state index contributed by atoms with van der Waals surface area (Å²) in [4.78, 5) is 44.6. The number of rotatable bonds is 3. The number of benzene rings is 1. The van der Waals surface area contributed by atoms with Crippen LogP contribution in [0, 0.1) is 0 Å². The lowest BCUT2D eigenvalue weighted by atomic mass is 9.93. The molecule has 3 amide bonds. The molecule has 8 nitrogen and oxygen atoms in total. The van der Waals surface area contributed by atoms with E-state index in [-0.39, 0.29) is 23.9 Å². The third-order valence-electron chi connectivity index (χ3n) is 6.16. The van der Waals surface area contributed by atoms with E-state index in [4.69, 9.17) is 4.74 Å². The second-order valence-electron chi connectivity index (χ2n) is 10.1. The van der Waals surface area contributed by atoms with E-state index in [9.17, 15) is 14.4 Å². The highest BCUT2D eigenvalue weighted by atomic mass is 16.6. The summed E-state index contributed by atoms with van der Waals surface area (Å²) in [5.74, 6) is -0.106. The Morgan fingerprint density at radius 1 is 1.09 bits per heavy atom. The molecule has 1 aromatic carbocycles. The molecule has 0 spiro atoms. The van der Waals surface area contributed by atoms with Crippen LogP contribution in [0.3, 0.4) is 0 Å². The molecule has 0 radical (unpaired) electrons. The summed E-state index contributed by atoms with van der Waals surface area (Å²) in [6.45, 7) is 9.96. The molecule has 2 aliphatic heterocycles. The van der Waals surface area contributed by atoms with Gasteiger partial charge in [-0.25, -0.2) is 4.79 Å². The van der Waals surface area contributed by atoms with Gasteiger partial charge in [-0.1, -0.05) is 12.1 Å². The van der Waals surface area contributed by atoms with Crippen LogP contribution in [0.15, 0.2) is 36.5 Å². The van der Waals surface area contributed by atoms with Gasteiger partial charge in [0.25, 0.3) is 5.91 Å². The van der Waals surface area contributed by atoms with Crippen LogP contribution in [0.5, 0.6) is 0 Å². The van der Waals surface area contributed by atoms with Gasteiger partial charge in [0.15, 0.2) is 0 Å². The maximum Gasteiger partial charge on any atom is 0.407 e. The van der Waals surface area contributed by atoms with Crippen molar-refractivity contribution in [3.8, 4) is 11.1 Å². The van der Waals surface area contributed by atoms with Gasteiger partial charge in [-0.05, 0) is 69.9 Å². The van der Waals surface area contributed by atoms with Crippen LogP contribution in [0.1, 0.15) is 57.1 Å². The number of hydrogen-bond acceptors (Lipinski definition) is 5. The number of carbonyl (C=O) groups excluding carboxylic acids is 3. The summed E-state index contributed by atoms with van der Waals surface area (Å²) in [6.07, 6.45) is 3.09. The second kappa shape index (κ2) is 9.08. The zero-order valence-corrected chi connectivity index (χ0v) is 20.4. The summed E-state index contributed by atoms with van der Waals surface area (Å²) in [7, 11) is 0. The molecule has 0 saturated carbocycles. The zero-order chi connectivity index (χ0) is 24.6. The molecular formula is C26H32N4O4. The number of aromatic nitrogens is 1. The fourth-order valence-electron chi connectivity index (χ4n) is 4.47. The van der Waals surface area contributed by atoms with E-state index in [0.29, 0.717) is 18.8 Å². The smallest absolute Gasteiger partial charge is 0.407 e. The quantitative estimate of drug-likeness (QED) is 0.746. The van der Waals surface area contributed by atoms with Crippen molar-refractivity contribution in [3.63, 3.8) is 0 Å². The Kier molecular flexibility index (Phi) is 6.34. The number of ether oxygens (including phenoxy) is 1. The Labute approximate surface area is 200 Å². The molecule has 3 heterocycles. The third-order valence-corrected chi connectivity index (χ3v) is 6.16. The topological polar surface area (TPSA) is 91.8 Å². The average molecular weight is 465 g/mol. The van der Waals surface area contributed by atoms with Crippen LogP contribution in [-0.2, 0) is 16.0 Å². The molecule has 2 aromatic rings. The Hall–Kier alpha value is -3.42. The summed E-state index contributed by atoms with van der Waals surface area (Å²) in [5, 5.41) is 2.78. The highest BCUT2D eigenvalue weighted by molar-refractivity contribution is 5.94. The molecule has 0 aliphatic carbocycles. The molecule has 1 atom stereocenters. The summed E-state index contributed by atoms with van der Waals surface area (Å²) in [5.41, 5.74) is 3.86. The maximum atomic E-state index is 12.7. The molecule has 0 bridgehead atoms. The average Bonchev–Trinajstić information content (AvgIpc) is 2.73. The Morgan fingerprint density at radius 2 is 1.79 bits per heavy atom. The molecule has 2 aliphatic rings. The van der Waals surface area contributed by atoms with Crippen molar-refractivity contribution >= 4 is 23.6 Å². The predicted molar refractivity (Wildman–Crippen MR) is 130 cm³/mol. The van der Waals surface area contributed by atoms with E-state index in [1.54, 1.807) is 24.1 Å². The van der Waals surface area contributed by atoms with Crippen LogP contribution < -0.4 is 10.2 Å². The number of amides is 3. The maximum absolute atomic E-state index is 12.7. The van der Waals surface area contributed by atoms with Crippen LogP contribution >= 0.6 is 0 Å². The van der Waals surface area contributed by atoms with Crippen LogP contribution in [-0.4, -0.2) is 58.6 Å². The van der Waals surface area contributed by atoms with Gasteiger partial charge in [0.2, 0.25) is 5.91 Å². The number of pyridine rings is 1. The fraction of sp³-hybridized carbons (Fsp3) is 0.462. The van der Waals surface area contributed by atoms with Crippen molar-refractivity contribution in [2.24, 2.45) is 0 Å². The number of hydrogen-bond donors (Lipinski definition) is 1. The third kappa shape index (κ3) is 5.05. The Balaban J connectivity index is 1.38. The number of likely N-dealkylation sites (tertiary alicyclic amines) is 1. The number of nitrogens with one attached hydrogen (secondary N) is 1. The minimum atomic E-state index is -0.557. The normalized spacial score (nSPS) is 18.1. The molecule has 8 heteroatoms. The van der Waals surface area contributed by atoms with Crippen molar-refractivity contribution in [2.75, 3.05) is 18.0 Å². The van der Waals surface area contributed by atoms with Crippen LogP contribution in [0.25, 0.3) is 11.1 Å². The SMILES string of the molecule is CC(=O)N1c2ccc(-c3ccc(C(=O)N4CC(NC(=O)OC(C)(C)C)C4)nc3)cc2CC[C@@H]1C. The zero-order valence-electron chi connectivity index (χ0n) is 20.4. The molecule has 1 N–H and O–H groups in total. The number of anilines is 1. The van der Waals surface area contributed by atoms with Crippen LogP contribution in [0.4, 0.5) is 10.5 Å². The molecule has 1 fully saturated rings. The van der Waals surface area contributed by atoms with Gasteiger partial charge in [0.05, 0.1) is 6.04 Å². The van der Waals surface area contributed by atoms with Gasteiger partial charge >= 0.3 is 6.09 Å². The van der Waals surface area contributed by atoms with E-state index >= 15 is 0 Å². The molecule has 34 heavy (non-hydrogen) atoms. The lowest BCUT2D eigenvalue weighted by Gasteiger charge is -2.39. The fourth-order valence-corrected chi connectivity index (χ4v) is 4.47. The minimum Gasteiger partial charge on any atom is -0.444 e. The number of fused-ring (bicyclic) bond motifs is 1. The first kappa shape index (κ1) is 23.7. The van der Waals surface area contributed by atoms with Crippen molar-refractivity contribution in [1.29, 1.82) is 0 Å². The Morgan fingerprint density at radius 3 is 2.41 bits per heavy atom. The van der Waals surface area contributed by atoms with Gasteiger partial charge in [-0.3, -0.25) is 14.6 Å². The van der Waals surface area contributed by atoms with Crippen molar-refractivity contribution < 1.29 is 19.1 Å². The molecule has 4 rings (SSSR count). The molecule has 1 saturated heterocycles. The van der Waals surface area contributed by atoms with Crippen molar-refractivity contribution in [3.05, 3.63) is 47.8 Å². The second-order valence-corrected chi connectivity index (χ2v) is 10.1. The van der Waals surface area contributed by atoms with E-state index in [1.165, 1.54) is 0 Å². The van der Waals surface area contributed by atoms with Gasteiger partial charge < -0.3 is 19.9 Å². The van der Waals surface area contributed by atoms with Gasteiger partial charge in [0, 0.05) is 43.5 Å². The summed E-state index contributed by atoms with van der Waals surface area (Å²) >= 11 is 0. The first-order valence-electron chi connectivity index (χ1n) is 11.7. The standard InChI is InChI=1S/C26H32N4O4/c1-16-6-7-19-12-18(9-11-23(19)30(16)17(2)31)20-8-10-22(27-13-20)24(32)29-14-21(15-29)28-25(33)34-26(3,4)5/h8-13,16,21H,6-7,14-15H2,1-5H3,(H,28,33)/t16-/m0/s1. The van der Waals surface area contributed by atoms with Gasteiger partial charge in [0.1, 0.15) is 11.3 Å². The van der Waals surface area contributed by atoms with E-state index in [2.05, 4.69) is 23.3 Å². The first-order chi connectivity index (χ1) is 16.0. The highest BCUT2D eigenvalue weighted by Crippen LogP contribution is 2.34. The lowest BCUT2D eigenvalue weighted by Crippen LogP contribution is -2.61. The number of carbonyl (C=O) groups is 3. The minimum absolute atomic E-state index is 0.0558. The largest absolute Gasteiger partial charge is 0.444 e. The van der Waals surface area contributed by atoms with E-state index in [1.807, 2.05) is 43.9 Å².